The molecule has 0 aromatic heterocycles. The van der Waals surface area contributed by atoms with E-state index in [0.717, 1.165) is 41.0 Å². The number of hydrogen-bond acceptors (Lipinski definition) is 3. The lowest BCUT2D eigenvalue weighted by Gasteiger charge is -2.12. The number of para-hydroxylation sites is 1. The lowest BCUT2D eigenvalue weighted by molar-refractivity contribution is 0.0954. The number of amides is 1. The predicted octanol–water partition coefficient (Wildman–Crippen LogP) is 5.76. The van der Waals surface area contributed by atoms with E-state index in [1.165, 1.54) is 5.57 Å². The summed E-state index contributed by atoms with van der Waals surface area (Å²) in [6.07, 6.45) is 3.91. The largest absolute Gasteiger partial charge is 0.488 e. The molecule has 0 bridgehead atoms. The van der Waals surface area contributed by atoms with Crippen molar-refractivity contribution in [3.05, 3.63) is 102 Å². The first-order valence-electron chi connectivity index (χ1n) is 10.1. The van der Waals surface area contributed by atoms with Crippen LogP contribution in [0.2, 0.25) is 0 Å². The van der Waals surface area contributed by atoms with Gasteiger partial charge in [0.25, 0.3) is 5.91 Å². The highest BCUT2D eigenvalue weighted by molar-refractivity contribution is 6.00. The van der Waals surface area contributed by atoms with Gasteiger partial charge in [0, 0.05) is 11.1 Å². The van der Waals surface area contributed by atoms with Gasteiger partial charge in [-0.15, -0.1) is 0 Å². The van der Waals surface area contributed by atoms with Crippen molar-refractivity contribution in [1.29, 1.82) is 0 Å². The average Bonchev–Trinajstić information content (AvgIpc) is 3.22. The van der Waals surface area contributed by atoms with Crippen LogP contribution in [0.4, 0.5) is 0 Å². The molecule has 1 aliphatic carbocycles. The molecule has 4 rings (SSSR count). The highest BCUT2D eigenvalue weighted by atomic mass is 16.5. The maximum Gasteiger partial charge on any atom is 0.271 e. The van der Waals surface area contributed by atoms with Crippen molar-refractivity contribution in [2.24, 2.45) is 5.10 Å². The molecule has 4 nitrogen and oxygen atoms in total. The zero-order chi connectivity index (χ0) is 20.8. The van der Waals surface area contributed by atoms with E-state index < -0.39 is 0 Å². The van der Waals surface area contributed by atoms with Gasteiger partial charge < -0.3 is 4.74 Å². The van der Waals surface area contributed by atoms with Crippen LogP contribution in [0.25, 0.3) is 11.1 Å². The Bertz CT molecular complexity index is 1080. The van der Waals surface area contributed by atoms with Crippen LogP contribution in [-0.4, -0.2) is 11.6 Å². The molecule has 0 saturated heterocycles. The fraction of sp³-hybridized carbons (Fsp3) is 0.154. The molecule has 0 atom stereocenters. The minimum absolute atomic E-state index is 0.206. The summed E-state index contributed by atoms with van der Waals surface area (Å²) in [4.78, 5) is 12.3. The number of rotatable bonds is 6. The first kappa shape index (κ1) is 19.6. The van der Waals surface area contributed by atoms with Crippen LogP contribution in [0.1, 0.15) is 35.7 Å². The molecule has 0 saturated carbocycles. The van der Waals surface area contributed by atoms with Crippen LogP contribution >= 0.6 is 0 Å². The fourth-order valence-corrected chi connectivity index (χ4v) is 3.39. The smallest absolute Gasteiger partial charge is 0.271 e. The van der Waals surface area contributed by atoms with Crippen molar-refractivity contribution in [3.63, 3.8) is 0 Å². The average molecular weight is 396 g/mol. The van der Waals surface area contributed by atoms with E-state index in [1.807, 2.05) is 54.6 Å². The molecule has 0 spiro atoms. The zero-order valence-corrected chi connectivity index (χ0v) is 17.0. The second kappa shape index (κ2) is 9.23. The number of carbonyl (C=O) groups excluding carboxylic acids is 1. The molecule has 3 aromatic rings. The van der Waals surface area contributed by atoms with Gasteiger partial charge in [-0.3, -0.25) is 4.79 Å². The van der Waals surface area contributed by atoms with Crippen LogP contribution in [0.3, 0.4) is 0 Å². The van der Waals surface area contributed by atoms with E-state index in [4.69, 9.17) is 4.74 Å². The molecule has 0 unspecified atom stereocenters. The quantitative estimate of drug-likeness (QED) is 0.539. The molecule has 0 fully saturated rings. The zero-order valence-electron chi connectivity index (χ0n) is 17.0. The van der Waals surface area contributed by atoms with Crippen LogP contribution in [0.15, 0.2) is 95.6 Å². The third kappa shape index (κ3) is 4.84. The van der Waals surface area contributed by atoms with Gasteiger partial charge in [-0.25, -0.2) is 5.43 Å². The summed E-state index contributed by atoms with van der Waals surface area (Å²) in [7, 11) is 0. The lowest BCUT2D eigenvalue weighted by atomic mass is 10.0. The molecule has 0 radical (unpaired) electrons. The number of hydrazone groups is 1. The van der Waals surface area contributed by atoms with E-state index in [2.05, 4.69) is 35.7 Å². The third-order valence-electron chi connectivity index (χ3n) is 5.07. The molecule has 1 N–H and O–H groups in total. The number of benzene rings is 3. The second-order valence-corrected chi connectivity index (χ2v) is 7.38. The molecule has 30 heavy (non-hydrogen) atoms. The Labute approximate surface area is 176 Å². The number of ether oxygens (including phenoxy) is 1. The first-order valence-corrected chi connectivity index (χ1v) is 10.1. The van der Waals surface area contributed by atoms with E-state index in [9.17, 15) is 4.79 Å². The number of nitrogens with zero attached hydrogens (tertiary/aromatic N) is 1. The summed E-state index contributed by atoms with van der Waals surface area (Å²) < 4.78 is 6.07. The summed E-state index contributed by atoms with van der Waals surface area (Å²) >= 11 is 0. The van der Waals surface area contributed by atoms with E-state index >= 15 is 0 Å². The minimum atomic E-state index is -0.206. The van der Waals surface area contributed by atoms with E-state index in [1.54, 1.807) is 12.1 Å². The van der Waals surface area contributed by atoms with Gasteiger partial charge in [-0.2, -0.15) is 5.10 Å². The molecule has 4 heteroatoms. The number of nitrogens with one attached hydrogen (secondary N) is 1. The molecule has 3 aromatic carbocycles. The van der Waals surface area contributed by atoms with Gasteiger partial charge in [0.1, 0.15) is 12.4 Å². The number of hydrogen-bond donors (Lipinski definition) is 1. The Hall–Kier alpha value is -3.66. The Kier molecular flexibility index (Phi) is 6.04. The van der Waals surface area contributed by atoms with Crippen molar-refractivity contribution >= 4 is 11.6 Å². The van der Waals surface area contributed by atoms with E-state index in [0.29, 0.717) is 12.2 Å². The lowest BCUT2D eigenvalue weighted by Crippen LogP contribution is -2.18. The SMILES string of the molecule is CC1=C/C(=N/NC(=O)c2ccc(COc3ccccc3-c3ccccc3)cc2)CC1. The van der Waals surface area contributed by atoms with Gasteiger partial charge in [0.15, 0.2) is 0 Å². The normalized spacial score (nSPS) is 14.4. The molecule has 150 valence electrons. The predicted molar refractivity (Wildman–Crippen MR) is 121 cm³/mol. The van der Waals surface area contributed by atoms with Crippen LogP contribution in [-0.2, 0) is 6.61 Å². The van der Waals surface area contributed by atoms with Crippen LogP contribution < -0.4 is 10.2 Å². The maximum absolute atomic E-state index is 12.3. The van der Waals surface area contributed by atoms with Crippen LogP contribution in [0.5, 0.6) is 5.75 Å². The van der Waals surface area contributed by atoms with Crippen molar-refractivity contribution in [1.82, 2.24) is 5.43 Å². The highest BCUT2D eigenvalue weighted by Crippen LogP contribution is 2.30. The standard InChI is InChI=1S/C26H24N2O2/c1-19-11-16-23(17-19)27-28-26(29)22-14-12-20(13-15-22)18-30-25-10-6-5-9-24(25)21-7-3-2-4-8-21/h2-10,12-15,17H,11,16,18H2,1H3,(H,28,29)/b27-23+. The van der Waals surface area contributed by atoms with Gasteiger partial charge in [-0.1, -0.05) is 66.2 Å². The Morgan fingerprint density at radius 3 is 2.40 bits per heavy atom. The molecular weight excluding hydrogens is 372 g/mol. The molecule has 0 aliphatic heterocycles. The van der Waals surface area contributed by atoms with Crippen LogP contribution in [0, 0.1) is 0 Å². The van der Waals surface area contributed by atoms with Crippen molar-refractivity contribution in [2.45, 2.75) is 26.4 Å². The maximum atomic E-state index is 12.3. The van der Waals surface area contributed by atoms with Gasteiger partial charge in [-0.05, 0) is 55.2 Å². The number of carbonyl (C=O) groups is 1. The summed E-state index contributed by atoms with van der Waals surface area (Å²) in [5, 5.41) is 4.20. The third-order valence-corrected chi connectivity index (χ3v) is 5.07. The van der Waals surface area contributed by atoms with Crippen molar-refractivity contribution < 1.29 is 9.53 Å². The first-order chi connectivity index (χ1) is 14.7. The van der Waals surface area contributed by atoms with Gasteiger partial charge in [0.05, 0.1) is 5.71 Å². The Balaban J connectivity index is 1.38. The summed E-state index contributed by atoms with van der Waals surface area (Å²) in [6.45, 7) is 2.50. The monoisotopic (exact) mass is 396 g/mol. The highest BCUT2D eigenvalue weighted by Gasteiger charge is 2.10. The van der Waals surface area contributed by atoms with Gasteiger partial charge >= 0.3 is 0 Å². The van der Waals surface area contributed by atoms with E-state index in [-0.39, 0.29) is 5.91 Å². The summed E-state index contributed by atoms with van der Waals surface area (Å²) in [6, 6.07) is 25.6. The molecule has 1 amide bonds. The number of allylic oxidation sites excluding steroid dienone is 2. The Morgan fingerprint density at radius 2 is 1.67 bits per heavy atom. The molecule has 0 heterocycles. The fourth-order valence-electron chi connectivity index (χ4n) is 3.39. The minimum Gasteiger partial charge on any atom is -0.488 e. The Morgan fingerprint density at radius 1 is 0.933 bits per heavy atom. The van der Waals surface area contributed by atoms with Crippen molar-refractivity contribution in [3.8, 4) is 16.9 Å². The molecule has 1 aliphatic rings. The summed E-state index contributed by atoms with van der Waals surface area (Å²) in [5.74, 6) is 0.628. The second-order valence-electron chi connectivity index (χ2n) is 7.38. The summed E-state index contributed by atoms with van der Waals surface area (Å²) in [5.41, 5.74) is 8.60. The van der Waals surface area contributed by atoms with Crippen molar-refractivity contribution in [2.75, 3.05) is 0 Å². The topological polar surface area (TPSA) is 50.7 Å². The van der Waals surface area contributed by atoms with Gasteiger partial charge in [0.2, 0.25) is 0 Å². The molecular formula is C26H24N2O2.